The summed E-state index contributed by atoms with van der Waals surface area (Å²) >= 11 is 0. The highest BCUT2D eigenvalue weighted by Crippen LogP contribution is 2.26. The lowest BCUT2D eigenvalue weighted by Gasteiger charge is -2.25. The Kier molecular flexibility index (Phi) is 8.95. The van der Waals surface area contributed by atoms with Crippen molar-refractivity contribution in [3.05, 3.63) is 36.4 Å². The predicted molar refractivity (Wildman–Crippen MR) is 139 cm³/mol. The van der Waals surface area contributed by atoms with E-state index in [0.29, 0.717) is 18.4 Å². The van der Waals surface area contributed by atoms with Crippen LogP contribution in [0.4, 0.5) is 17.5 Å². The molecule has 1 aromatic carbocycles. The second-order valence-electron chi connectivity index (χ2n) is 9.45. The van der Waals surface area contributed by atoms with Gasteiger partial charge in [0.15, 0.2) is 5.65 Å². The van der Waals surface area contributed by atoms with Gasteiger partial charge in [0.05, 0.1) is 7.11 Å². The Bertz CT molecular complexity index is 1000. The van der Waals surface area contributed by atoms with Crippen molar-refractivity contribution in [2.45, 2.75) is 53.5 Å². The first kappa shape index (κ1) is 24.8. The molecular weight excluding hydrogens is 412 g/mol. The largest absolute Gasteiger partial charge is 0.497 e. The quantitative estimate of drug-likeness (QED) is 0.360. The molecule has 0 aliphatic carbocycles. The van der Waals surface area contributed by atoms with E-state index in [1.165, 1.54) is 0 Å². The molecule has 0 radical (unpaired) electrons. The minimum Gasteiger partial charge on any atom is -0.497 e. The number of rotatable bonds is 13. The van der Waals surface area contributed by atoms with Crippen LogP contribution < -0.4 is 20.7 Å². The molecule has 7 nitrogen and oxygen atoms in total. The maximum atomic E-state index is 5.84. The minimum absolute atomic E-state index is 0.618. The van der Waals surface area contributed by atoms with E-state index in [1.54, 1.807) is 7.11 Å². The molecule has 0 saturated carbocycles. The molecule has 0 spiro atoms. The Hall–Kier alpha value is -2.80. The van der Waals surface area contributed by atoms with Crippen LogP contribution in [0, 0.1) is 11.8 Å². The third-order valence-corrected chi connectivity index (χ3v) is 5.77. The van der Waals surface area contributed by atoms with Crippen molar-refractivity contribution < 1.29 is 4.74 Å². The summed E-state index contributed by atoms with van der Waals surface area (Å²) in [5.41, 5.74) is 8.55. The van der Waals surface area contributed by atoms with Crippen molar-refractivity contribution >= 4 is 28.6 Å². The zero-order valence-electron chi connectivity index (χ0n) is 20.8. The van der Waals surface area contributed by atoms with Crippen LogP contribution in [0.25, 0.3) is 11.2 Å². The van der Waals surface area contributed by atoms with E-state index in [4.69, 9.17) is 20.4 Å². The summed E-state index contributed by atoms with van der Waals surface area (Å²) in [6.45, 7) is 12.5. The van der Waals surface area contributed by atoms with Gasteiger partial charge in [-0.25, -0.2) is 9.97 Å². The van der Waals surface area contributed by atoms with Crippen molar-refractivity contribution in [1.29, 1.82) is 0 Å². The zero-order valence-corrected chi connectivity index (χ0v) is 20.8. The number of aromatic nitrogens is 3. The van der Waals surface area contributed by atoms with Crippen molar-refractivity contribution in [2.24, 2.45) is 17.6 Å². The van der Waals surface area contributed by atoms with Crippen LogP contribution in [-0.2, 0) is 6.54 Å². The van der Waals surface area contributed by atoms with Gasteiger partial charge >= 0.3 is 0 Å². The Morgan fingerprint density at radius 3 is 2.39 bits per heavy atom. The second kappa shape index (κ2) is 11.9. The summed E-state index contributed by atoms with van der Waals surface area (Å²) in [5, 5.41) is 3.45. The molecule has 0 saturated heterocycles. The molecule has 3 N–H and O–H groups in total. The van der Waals surface area contributed by atoms with Gasteiger partial charge in [-0.2, -0.15) is 0 Å². The van der Waals surface area contributed by atoms with Crippen LogP contribution in [0.15, 0.2) is 36.4 Å². The first-order valence-corrected chi connectivity index (χ1v) is 12.1. The average Bonchev–Trinajstić information content (AvgIpc) is 3.13. The smallest absolute Gasteiger partial charge is 0.209 e. The molecule has 3 rings (SSSR count). The fourth-order valence-electron chi connectivity index (χ4n) is 3.72. The molecule has 0 fully saturated rings. The fraction of sp³-hybridized carbons (Fsp3) is 0.538. The summed E-state index contributed by atoms with van der Waals surface area (Å²) in [6, 6.07) is 12.1. The Balaban J connectivity index is 1.96. The molecule has 3 aromatic rings. The highest BCUT2D eigenvalue weighted by Gasteiger charge is 2.16. The molecule has 0 aliphatic heterocycles. The summed E-state index contributed by atoms with van der Waals surface area (Å²) < 4.78 is 7.51. The van der Waals surface area contributed by atoms with Crippen LogP contribution in [-0.4, -0.2) is 41.3 Å². The number of nitrogens with two attached hydrogens (primary N) is 1. The average molecular weight is 453 g/mol. The van der Waals surface area contributed by atoms with Gasteiger partial charge in [0.2, 0.25) is 5.95 Å². The van der Waals surface area contributed by atoms with E-state index in [1.807, 2.05) is 24.3 Å². The molecule has 2 heterocycles. The van der Waals surface area contributed by atoms with Crippen LogP contribution >= 0.6 is 0 Å². The standard InChI is InChI=1S/C26H40N6O/c1-19(2)12-16-31(17-13-20(3)4)24-11-10-23-25(30-24)32(15-7-14-27)26(29-23)28-21-8-6-9-22(18-21)33-5/h6,8-11,18-20H,7,12-17,27H2,1-5H3,(H,28,29). The molecule has 0 aliphatic rings. The van der Waals surface area contributed by atoms with E-state index in [2.05, 4.69) is 54.6 Å². The Morgan fingerprint density at radius 1 is 1.03 bits per heavy atom. The van der Waals surface area contributed by atoms with Gasteiger partial charge in [0.25, 0.3) is 0 Å². The molecule has 180 valence electrons. The van der Waals surface area contributed by atoms with Crippen LogP contribution in [0.1, 0.15) is 47.0 Å². The summed E-state index contributed by atoms with van der Waals surface area (Å²) in [4.78, 5) is 12.4. The molecule has 0 amide bonds. The molecule has 0 atom stereocenters. The van der Waals surface area contributed by atoms with Gasteiger partial charge < -0.3 is 20.7 Å². The van der Waals surface area contributed by atoms with Gasteiger partial charge in [-0.05, 0) is 61.9 Å². The number of aryl methyl sites for hydroxylation is 1. The Labute approximate surface area is 198 Å². The first-order chi connectivity index (χ1) is 15.9. The topological polar surface area (TPSA) is 81.2 Å². The maximum absolute atomic E-state index is 5.84. The number of benzene rings is 1. The normalized spacial score (nSPS) is 11.5. The first-order valence-electron chi connectivity index (χ1n) is 12.1. The number of hydrogen-bond acceptors (Lipinski definition) is 6. The molecule has 0 unspecified atom stereocenters. The number of ether oxygens (including phenoxy) is 1. The van der Waals surface area contributed by atoms with Crippen molar-refractivity contribution in [3.63, 3.8) is 0 Å². The van der Waals surface area contributed by atoms with E-state index in [0.717, 1.165) is 73.3 Å². The highest BCUT2D eigenvalue weighted by atomic mass is 16.5. The monoisotopic (exact) mass is 452 g/mol. The number of methoxy groups -OCH3 is 1. The van der Waals surface area contributed by atoms with Gasteiger partial charge in [-0.1, -0.05) is 33.8 Å². The summed E-state index contributed by atoms with van der Waals surface area (Å²) in [6.07, 6.45) is 3.15. The van der Waals surface area contributed by atoms with Gasteiger partial charge in [-0.3, -0.25) is 4.57 Å². The number of fused-ring (bicyclic) bond motifs is 1. The minimum atomic E-state index is 0.618. The Morgan fingerprint density at radius 2 is 1.76 bits per heavy atom. The lowest BCUT2D eigenvalue weighted by Crippen LogP contribution is -2.28. The predicted octanol–water partition coefficient (Wildman–Crippen LogP) is 5.43. The number of imidazole rings is 1. The van der Waals surface area contributed by atoms with E-state index in [-0.39, 0.29) is 0 Å². The molecule has 0 bridgehead atoms. The maximum Gasteiger partial charge on any atom is 0.209 e. The third kappa shape index (κ3) is 6.84. The number of pyridine rings is 1. The van der Waals surface area contributed by atoms with Crippen LogP contribution in [0.3, 0.4) is 0 Å². The molecule has 2 aromatic heterocycles. The molecular formula is C26H40N6O. The fourth-order valence-corrected chi connectivity index (χ4v) is 3.72. The second-order valence-corrected chi connectivity index (χ2v) is 9.45. The molecule has 7 heteroatoms. The number of nitrogens with one attached hydrogen (secondary N) is 1. The van der Waals surface area contributed by atoms with Crippen molar-refractivity contribution in [3.8, 4) is 5.75 Å². The lowest BCUT2D eigenvalue weighted by atomic mass is 10.1. The summed E-state index contributed by atoms with van der Waals surface area (Å²) in [5.74, 6) is 3.90. The zero-order chi connectivity index (χ0) is 23.8. The van der Waals surface area contributed by atoms with Gasteiger partial charge in [0.1, 0.15) is 17.1 Å². The van der Waals surface area contributed by atoms with E-state index < -0.39 is 0 Å². The van der Waals surface area contributed by atoms with Crippen molar-refractivity contribution in [1.82, 2.24) is 14.5 Å². The third-order valence-electron chi connectivity index (χ3n) is 5.77. The van der Waals surface area contributed by atoms with Gasteiger partial charge in [-0.15, -0.1) is 0 Å². The summed E-state index contributed by atoms with van der Waals surface area (Å²) in [7, 11) is 1.67. The van der Waals surface area contributed by atoms with E-state index in [9.17, 15) is 0 Å². The lowest BCUT2D eigenvalue weighted by molar-refractivity contribution is 0.415. The highest BCUT2D eigenvalue weighted by molar-refractivity contribution is 5.78. The SMILES string of the molecule is COc1cccc(Nc2nc3ccc(N(CCC(C)C)CCC(C)C)nc3n2CCCN)c1. The van der Waals surface area contributed by atoms with E-state index >= 15 is 0 Å². The number of anilines is 3. The molecule has 33 heavy (non-hydrogen) atoms. The number of nitrogens with zero attached hydrogens (tertiary/aromatic N) is 4. The number of hydrogen-bond donors (Lipinski definition) is 2. The van der Waals surface area contributed by atoms with Crippen LogP contribution in [0.5, 0.6) is 5.75 Å². The van der Waals surface area contributed by atoms with Gasteiger partial charge in [0, 0.05) is 31.4 Å². The van der Waals surface area contributed by atoms with Crippen molar-refractivity contribution in [2.75, 3.05) is 37.0 Å². The van der Waals surface area contributed by atoms with Crippen LogP contribution in [0.2, 0.25) is 0 Å².